The summed E-state index contributed by atoms with van der Waals surface area (Å²) in [5.41, 5.74) is 7.42. The molecular weight excluding hydrogens is 459 g/mol. The number of H-pyrrole nitrogens is 1. The lowest BCUT2D eigenvalue weighted by Gasteiger charge is -2.37. The maximum absolute atomic E-state index is 13.6. The van der Waals surface area contributed by atoms with Crippen molar-refractivity contribution in [2.45, 2.75) is 63.3 Å². The summed E-state index contributed by atoms with van der Waals surface area (Å²) < 4.78 is 65.9. The van der Waals surface area contributed by atoms with Crippen LogP contribution in [0.3, 0.4) is 0 Å². The van der Waals surface area contributed by atoms with E-state index in [0.717, 1.165) is 12.7 Å². The number of carbonyl (C=O) groups is 1. The molecule has 184 valence electrons. The fourth-order valence-electron chi connectivity index (χ4n) is 6.76. The molecule has 1 amide bonds. The average molecular weight is 490 g/mol. The van der Waals surface area contributed by atoms with Crippen LogP contribution in [0.15, 0.2) is 0 Å². The van der Waals surface area contributed by atoms with E-state index >= 15 is 0 Å². The number of amides is 1. The van der Waals surface area contributed by atoms with Crippen molar-refractivity contribution in [1.82, 2.24) is 19.4 Å². The number of hydrogen-bond donors (Lipinski definition) is 2. The van der Waals surface area contributed by atoms with Gasteiger partial charge in [-0.2, -0.15) is 22.6 Å². The van der Waals surface area contributed by atoms with Crippen molar-refractivity contribution in [2.24, 2.45) is 29.4 Å². The molecule has 2 aliphatic heterocycles. The van der Waals surface area contributed by atoms with Crippen LogP contribution in [0.25, 0.3) is 0 Å². The molecular formula is C21H30F3N5O3S. The predicted molar refractivity (Wildman–Crippen MR) is 113 cm³/mol. The maximum atomic E-state index is 13.6. The molecule has 2 saturated carbocycles. The van der Waals surface area contributed by atoms with Crippen LogP contribution >= 0.6 is 0 Å². The Bertz CT molecular complexity index is 1060. The third kappa shape index (κ3) is 3.97. The maximum Gasteiger partial charge on any atom is 0.392 e. The van der Waals surface area contributed by atoms with Gasteiger partial charge >= 0.3 is 6.18 Å². The summed E-state index contributed by atoms with van der Waals surface area (Å²) in [7, 11) is -3.40. The second-order valence-electron chi connectivity index (χ2n) is 10.5. The van der Waals surface area contributed by atoms with Crippen molar-refractivity contribution in [1.29, 1.82) is 0 Å². The number of hydrogen-bond acceptors (Lipinski definition) is 5. The lowest BCUT2D eigenvalue weighted by Crippen LogP contribution is -2.46. The molecule has 0 bridgehead atoms. The molecule has 0 spiro atoms. The van der Waals surface area contributed by atoms with Gasteiger partial charge in [-0.25, -0.2) is 8.42 Å². The van der Waals surface area contributed by atoms with Crippen molar-refractivity contribution in [3.8, 4) is 0 Å². The first-order valence-corrected chi connectivity index (χ1v) is 13.4. The van der Waals surface area contributed by atoms with Crippen LogP contribution in [-0.4, -0.2) is 64.8 Å². The molecule has 0 aromatic carbocycles. The lowest BCUT2D eigenvalue weighted by molar-refractivity contribution is -0.202. The van der Waals surface area contributed by atoms with E-state index in [2.05, 4.69) is 10.2 Å². The fourth-order valence-corrected chi connectivity index (χ4v) is 7.48. The minimum atomic E-state index is -4.17. The van der Waals surface area contributed by atoms with E-state index in [9.17, 15) is 26.4 Å². The van der Waals surface area contributed by atoms with Crippen molar-refractivity contribution in [3.63, 3.8) is 0 Å². The van der Waals surface area contributed by atoms with E-state index in [1.807, 2.05) is 0 Å². The number of aromatic amines is 1. The Balaban J connectivity index is 1.28. The number of halogens is 3. The fraction of sp³-hybridized carbons (Fsp3) is 0.810. The molecule has 1 saturated heterocycles. The van der Waals surface area contributed by atoms with E-state index in [1.165, 1.54) is 4.31 Å². The molecule has 33 heavy (non-hydrogen) atoms. The van der Waals surface area contributed by atoms with E-state index < -0.39 is 27.7 Å². The normalized spacial score (nSPS) is 35.1. The molecule has 2 aliphatic carbocycles. The molecule has 4 aliphatic rings. The van der Waals surface area contributed by atoms with E-state index in [0.29, 0.717) is 43.5 Å². The standard InChI is InChI=1S/C21H30F3N5O3S/c1-33(31,32)29-9-15-17(10-29)26-27-18(15)19(30)28-8-13-6-12(7-20(13,25)11-28)14-4-2-3-5-16(14)21(22,23)24/h12-14,16H,2-11,25H2,1H3,(H,26,27)/t12-,13-,14?,16-,20-/m1/s1. The Labute approximate surface area is 191 Å². The van der Waals surface area contributed by atoms with Gasteiger partial charge in [0.25, 0.3) is 5.91 Å². The molecule has 8 nitrogen and oxygen atoms in total. The van der Waals surface area contributed by atoms with Gasteiger partial charge in [0.15, 0.2) is 5.69 Å². The summed E-state index contributed by atoms with van der Waals surface area (Å²) in [4.78, 5) is 14.9. The highest BCUT2D eigenvalue weighted by Crippen LogP contribution is 2.53. The van der Waals surface area contributed by atoms with Crippen LogP contribution in [0.2, 0.25) is 0 Å². The average Bonchev–Trinajstić information content (AvgIpc) is 3.43. The first-order valence-electron chi connectivity index (χ1n) is 11.5. The topological polar surface area (TPSA) is 112 Å². The highest BCUT2D eigenvalue weighted by molar-refractivity contribution is 7.88. The van der Waals surface area contributed by atoms with Gasteiger partial charge in [-0.15, -0.1) is 0 Å². The minimum Gasteiger partial charge on any atom is -0.335 e. The molecule has 0 radical (unpaired) electrons. The van der Waals surface area contributed by atoms with E-state index in [-0.39, 0.29) is 55.4 Å². The van der Waals surface area contributed by atoms with Crippen LogP contribution in [-0.2, 0) is 23.1 Å². The van der Waals surface area contributed by atoms with Gasteiger partial charge in [0.1, 0.15) is 0 Å². The van der Waals surface area contributed by atoms with Crippen molar-refractivity contribution in [3.05, 3.63) is 17.0 Å². The number of alkyl halides is 3. The van der Waals surface area contributed by atoms with Gasteiger partial charge < -0.3 is 10.6 Å². The van der Waals surface area contributed by atoms with Gasteiger partial charge in [-0.3, -0.25) is 9.89 Å². The minimum absolute atomic E-state index is 0.0400. The first kappa shape index (κ1) is 23.1. The summed E-state index contributed by atoms with van der Waals surface area (Å²) in [6.07, 6.45) is 0.305. The zero-order valence-corrected chi connectivity index (χ0v) is 19.4. The number of nitrogens with one attached hydrogen (secondary N) is 1. The molecule has 3 N–H and O–H groups in total. The van der Waals surface area contributed by atoms with Gasteiger partial charge in [-0.1, -0.05) is 12.8 Å². The van der Waals surface area contributed by atoms with E-state index in [1.54, 1.807) is 4.90 Å². The summed E-state index contributed by atoms with van der Waals surface area (Å²) in [6.45, 7) is 0.932. The first-order chi connectivity index (χ1) is 15.4. The van der Waals surface area contributed by atoms with Gasteiger partial charge in [-0.05, 0) is 43.4 Å². The largest absolute Gasteiger partial charge is 0.392 e. The van der Waals surface area contributed by atoms with E-state index in [4.69, 9.17) is 5.73 Å². The van der Waals surface area contributed by atoms with Crippen LogP contribution < -0.4 is 5.73 Å². The molecule has 5 rings (SSSR count). The third-order valence-electron chi connectivity index (χ3n) is 8.39. The zero-order chi connectivity index (χ0) is 23.8. The Morgan fingerprint density at radius 2 is 1.97 bits per heavy atom. The van der Waals surface area contributed by atoms with Crippen molar-refractivity contribution in [2.75, 3.05) is 19.3 Å². The number of carbonyl (C=O) groups excluding carboxylic acids is 1. The summed E-state index contributed by atoms with van der Waals surface area (Å²) in [5.74, 6) is -2.04. The second-order valence-corrected chi connectivity index (χ2v) is 12.5. The Hall–Kier alpha value is -1.66. The third-order valence-corrected chi connectivity index (χ3v) is 9.59. The van der Waals surface area contributed by atoms with Crippen LogP contribution in [0.4, 0.5) is 13.2 Å². The molecule has 12 heteroatoms. The van der Waals surface area contributed by atoms with Gasteiger partial charge in [0.2, 0.25) is 10.0 Å². The predicted octanol–water partition coefficient (Wildman–Crippen LogP) is 2.23. The van der Waals surface area contributed by atoms with Crippen LogP contribution in [0.5, 0.6) is 0 Å². The quantitative estimate of drug-likeness (QED) is 0.676. The van der Waals surface area contributed by atoms with Gasteiger partial charge in [0.05, 0.1) is 24.4 Å². The molecule has 5 atom stereocenters. The Kier molecular flexibility index (Phi) is 5.37. The monoisotopic (exact) mass is 489 g/mol. The SMILES string of the molecule is CS(=O)(=O)N1Cc2[nH]nc(C(=O)N3C[C@H]4C[C@@H](C5CCCC[C@H]5C(F)(F)F)C[C@@]4(N)C3)c2C1. The zero-order valence-electron chi connectivity index (χ0n) is 18.6. The van der Waals surface area contributed by atoms with Crippen molar-refractivity contribution >= 4 is 15.9 Å². The smallest absolute Gasteiger partial charge is 0.335 e. The number of nitrogens with two attached hydrogens (primary N) is 1. The molecule has 3 fully saturated rings. The van der Waals surface area contributed by atoms with Crippen molar-refractivity contribution < 1.29 is 26.4 Å². The number of fused-ring (bicyclic) bond motifs is 2. The lowest BCUT2D eigenvalue weighted by atomic mass is 9.71. The Morgan fingerprint density at radius 1 is 1.24 bits per heavy atom. The number of aromatic nitrogens is 2. The number of sulfonamides is 1. The summed E-state index contributed by atoms with van der Waals surface area (Å²) in [6, 6.07) is 0. The summed E-state index contributed by atoms with van der Waals surface area (Å²) in [5, 5.41) is 6.92. The highest BCUT2D eigenvalue weighted by atomic mass is 32.2. The summed E-state index contributed by atoms with van der Waals surface area (Å²) >= 11 is 0. The number of likely N-dealkylation sites (tertiary alicyclic amines) is 1. The van der Waals surface area contributed by atoms with Crippen LogP contribution in [0, 0.1) is 23.7 Å². The molecule has 1 aromatic heterocycles. The Morgan fingerprint density at radius 3 is 2.64 bits per heavy atom. The number of rotatable bonds is 3. The second kappa shape index (κ2) is 7.67. The van der Waals surface area contributed by atoms with Crippen LogP contribution in [0.1, 0.15) is 60.3 Å². The molecule has 1 aromatic rings. The molecule has 3 heterocycles. The number of nitrogens with zero attached hydrogens (tertiary/aromatic N) is 3. The van der Waals surface area contributed by atoms with Gasteiger partial charge in [0, 0.05) is 30.7 Å². The highest BCUT2D eigenvalue weighted by Gasteiger charge is 2.56. The molecule has 1 unspecified atom stereocenters.